The van der Waals surface area contributed by atoms with Gasteiger partial charge in [-0.05, 0) is 25.7 Å². The number of amides is 1. The molecule has 2 aliphatic rings. The maximum absolute atomic E-state index is 12.0. The third kappa shape index (κ3) is 2.46. The molecule has 0 saturated carbocycles. The highest BCUT2D eigenvalue weighted by atomic mass is 16.6. The van der Waals surface area contributed by atoms with Crippen LogP contribution in [0.3, 0.4) is 0 Å². The van der Waals surface area contributed by atoms with Crippen LogP contribution in [0.15, 0.2) is 12.3 Å². The highest BCUT2D eigenvalue weighted by Gasteiger charge is 2.34. The summed E-state index contributed by atoms with van der Waals surface area (Å²) < 4.78 is 0. The van der Waals surface area contributed by atoms with Gasteiger partial charge in [-0.2, -0.15) is 0 Å². The van der Waals surface area contributed by atoms with Crippen molar-refractivity contribution in [3.63, 3.8) is 0 Å². The predicted octanol–water partition coefficient (Wildman–Crippen LogP) is 0.936. The van der Waals surface area contributed by atoms with Gasteiger partial charge in [0, 0.05) is 24.2 Å². The van der Waals surface area contributed by atoms with Crippen LogP contribution in [0.4, 0.5) is 5.69 Å². The van der Waals surface area contributed by atoms with Crippen LogP contribution in [0.5, 0.6) is 0 Å². The summed E-state index contributed by atoms with van der Waals surface area (Å²) in [5.74, 6) is -0.264. The zero-order valence-electron chi connectivity index (χ0n) is 10.4. The summed E-state index contributed by atoms with van der Waals surface area (Å²) in [6.07, 6.45) is 5.45. The zero-order valence-corrected chi connectivity index (χ0v) is 10.4. The minimum atomic E-state index is -0.516. The van der Waals surface area contributed by atoms with E-state index in [0.29, 0.717) is 12.1 Å². The molecule has 102 valence electrons. The molecule has 2 atom stereocenters. The number of aromatic nitrogens is 1. The average Bonchev–Trinajstić information content (AvgIpc) is 2.96. The molecular formula is C12H16N4O3. The fraction of sp³-hybridized carbons (Fsp3) is 0.583. The molecule has 1 aromatic rings. The first kappa shape index (κ1) is 12.2. The fourth-order valence-electron chi connectivity index (χ4n) is 3.06. The number of H-pyrrole nitrogens is 1. The molecule has 3 rings (SSSR count). The molecule has 3 heterocycles. The summed E-state index contributed by atoms with van der Waals surface area (Å²) in [4.78, 5) is 24.7. The van der Waals surface area contributed by atoms with Gasteiger partial charge in [-0.15, -0.1) is 0 Å². The molecule has 2 fully saturated rings. The number of piperidine rings is 1. The number of nitro groups is 1. The Kier molecular flexibility index (Phi) is 2.98. The number of aromatic amines is 1. The number of carbonyl (C=O) groups excluding carboxylic acids is 1. The Morgan fingerprint density at radius 1 is 1.37 bits per heavy atom. The third-order valence-corrected chi connectivity index (χ3v) is 3.93. The summed E-state index contributed by atoms with van der Waals surface area (Å²) in [5.41, 5.74) is 0.160. The van der Waals surface area contributed by atoms with E-state index < -0.39 is 4.92 Å². The third-order valence-electron chi connectivity index (χ3n) is 3.93. The van der Waals surface area contributed by atoms with Crippen LogP contribution in [-0.2, 0) is 0 Å². The molecule has 1 aromatic heterocycles. The van der Waals surface area contributed by atoms with Crippen molar-refractivity contribution in [1.29, 1.82) is 0 Å². The monoisotopic (exact) mass is 264 g/mol. The molecule has 19 heavy (non-hydrogen) atoms. The quantitative estimate of drug-likeness (QED) is 0.558. The molecule has 2 saturated heterocycles. The molecule has 2 unspecified atom stereocenters. The van der Waals surface area contributed by atoms with E-state index in [0.717, 1.165) is 12.8 Å². The number of nitrogens with one attached hydrogen (secondary N) is 3. The molecule has 2 bridgehead atoms. The highest BCUT2D eigenvalue weighted by molar-refractivity contribution is 5.93. The predicted molar refractivity (Wildman–Crippen MR) is 67.9 cm³/mol. The SMILES string of the molecule is O=C(NC1CC2CCC(C1)N2)c1cc([N+](=O)[O-])c[nH]1. The first-order valence-corrected chi connectivity index (χ1v) is 6.51. The van der Waals surface area contributed by atoms with Gasteiger partial charge in [0.2, 0.25) is 0 Å². The molecule has 0 spiro atoms. The van der Waals surface area contributed by atoms with E-state index in [-0.39, 0.29) is 23.3 Å². The lowest BCUT2D eigenvalue weighted by atomic mass is 10.00. The van der Waals surface area contributed by atoms with E-state index in [1.165, 1.54) is 25.1 Å². The van der Waals surface area contributed by atoms with Crippen LogP contribution in [-0.4, -0.2) is 33.9 Å². The maximum Gasteiger partial charge on any atom is 0.287 e. The minimum Gasteiger partial charge on any atom is -0.351 e. The van der Waals surface area contributed by atoms with Gasteiger partial charge >= 0.3 is 0 Å². The Hall–Kier alpha value is -1.89. The molecule has 7 heteroatoms. The molecule has 2 aliphatic heterocycles. The summed E-state index contributed by atoms with van der Waals surface area (Å²) >= 11 is 0. The normalized spacial score (nSPS) is 29.2. The van der Waals surface area contributed by atoms with Crippen molar-refractivity contribution in [2.75, 3.05) is 0 Å². The fourth-order valence-corrected chi connectivity index (χ4v) is 3.06. The number of rotatable bonds is 3. The van der Waals surface area contributed by atoms with Crippen LogP contribution in [0.25, 0.3) is 0 Å². The van der Waals surface area contributed by atoms with Gasteiger partial charge in [-0.25, -0.2) is 0 Å². The summed E-state index contributed by atoms with van der Waals surface area (Å²) in [6, 6.07) is 2.43. The molecule has 0 aromatic carbocycles. The first-order valence-electron chi connectivity index (χ1n) is 6.51. The first-order chi connectivity index (χ1) is 9.11. The summed E-state index contributed by atoms with van der Waals surface area (Å²) in [6.45, 7) is 0. The van der Waals surface area contributed by atoms with Crippen molar-refractivity contribution in [2.45, 2.75) is 43.8 Å². The van der Waals surface area contributed by atoms with E-state index in [2.05, 4.69) is 15.6 Å². The lowest BCUT2D eigenvalue weighted by Crippen LogP contribution is -2.48. The highest BCUT2D eigenvalue weighted by Crippen LogP contribution is 2.27. The molecule has 7 nitrogen and oxygen atoms in total. The second-order valence-electron chi connectivity index (χ2n) is 5.31. The van der Waals surface area contributed by atoms with Crippen molar-refractivity contribution < 1.29 is 9.72 Å². The van der Waals surface area contributed by atoms with Crippen molar-refractivity contribution in [2.24, 2.45) is 0 Å². The Labute approximate surface area is 109 Å². The van der Waals surface area contributed by atoms with Crippen molar-refractivity contribution in [1.82, 2.24) is 15.6 Å². The van der Waals surface area contributed by atoms with E-state index in [4.69, 9.17) is 0 Å². The lowest BCUT2D eigenvalue weighted by Gasteiger charge is -2.29. The summed E-state index contributed by atoms with van der Waals surface area (Å²) in [7, 11) is 0. The van der Waals surface area contributed by atoms with Crippen LogP contribution >= 0.6 is 0 Å². The van der Waals surface area contributed by atoms with Gasteiger partial charge in [0.15, 0.2) is 0 Å². The molecule has 3 N–H and O–H groups in total. The lowest BCUT2D eigenvalue weighted by molar-refractivity contribution is -0.384. The van der Waals surface area contributed by atoms with E-state index >= 15 is 0 Å². The smallest absolute Gasteiger partial charge is 0.287 e. The number of hydrogen-bond acceptors (Lipinski definition) is 4. The van der Waals surface area contributed by atoms with Crippen molar-refractivity contribution in [3.05, 3.63) is 28.1 Å². The number of fused-ring (bicyclic) bond motifs is 2. The average molecular weight is 264 g/mol. The van der Waals surface area contributed by atoms with Gasteiger partial charge in [0.1, 0.15) is 5.69 Å². The number of carbonyl (C=O) groups is 1. The van der Waals surface area contributed by atoms with Crippen LogP contribution in [0.2, 0.25) is 0 Å². The number of nitrogens with zero attached hydrogens (tertiary/aromatic N) is 1. The van der Waals surface area contributed by atoms with Gasteiger partial charge in [-0.1, -0.05) is 0 Å². The van der Waals surface area contributed by atoms with E-state index in [9.17, 15) is 14.9 Å². The van der Waals surface area contributed by atoms with Crippen LogP contribution < -0.4 is 10.6 Å². The van der Waals surface area contributed by atoms with Gasteiger partial charge in [0.25, 0.3) is 11.6 Å². The maximum atomic E-state index is 12.0. The second-order valence-corrected chi connectivity index (χ2v) is 5.31. The van der Waals surface area contributed by atoms with Gasteiger partial charge in [0.05, 0.1) is 11.1 Å². The minimum absolute atomic E-state index is 0.0875. The molecule has 1 amide bonds. The van der Waals surface area contributed by atoms with Gasteiger partial charge < -0.3 is 15.6 Å². The Morgan fingerprint density at radius 3 is 2.63 bits per heavy atom. The standard InChI is InChI=1S/C12H16N4O3/c17-12(11-5-10(6-13-11)16(18)19)15-9-3-7-1-2-8(4-9)14-7/h5-9,13-14H,1-4H2,(H,15,17). The molecule has 0 aliphatic carbocycles. The Balaban J connectivity index is 1.62. The van der Waals surface area contributed by atoms with Crippen molar-refractivity contribution in [3.8, 4) is 0 Å². The Bertz CT molecular complexity index is 501. The number of hydrogen-bond donors (Lipinski definition) is 3. The van der Waals surface area contributed by atoms with Crippen molar-refractivity contribution >= 4 is 11.6 Å². The van der Waals surface area contributed by atoms with Gasteiger partial charge in [-0.3, -0.25) is 14.9 Å². The second kappa shape index (κ2) is 4.65. The largest absolute Gasteiger partial charge is 0.351 e. The van der Waals surface area contributed by atoms with E-state index in [1.54, 1.807) is 0 Å². The Morgan fingerprint density at radius 2 is 2.05 bits per heavy atom. The molecule has 0 radical (unpaired) electrons. The van der Waals surface area contributed by atoms with Crippen LogP contribution in [0.1, 0.15) is 36.2 Å². The topological polar surface area (TPSA) is 100 Å². The zero-order chi connectivity index (χ0) is 13.4. The molecular weight excluding hydrogens is 248 g/mol. The summed E-state index contributed by atoms with van der Waals surface area (Å²) in [5, 5.41) is 17.0. The van der Waals surface area contributed by atoms with E-state index in [1.807, 2.05) is 0 Å². The van der Waals surface area contributed by atoms with Crippen LogP contribution in [0, 0.1) is 10.1 Å².